The maximum Gasteiger partial charge on any atom is 0.256 e. The molecule has 1 aromatic heterocycles. The average molecular weight is 379 g/mol. The second kappa shape index (κ2) is 8.04. The van der Waals surface area contributed by atoms with E-state index in [1.165, 1.54) is 10.5 Å². The number of aromatic amines is 1. The first-order chi connectivity index (χ1) is 13.7. The number of carbonyl (C=O) groups excluding carboxylic acids is 1. The Balaban J connectivity index is 1.28. The maximum absolute atomic E-state index is 12.4. The molecule has 0 saturated heterocycles. The van der Waals surface area contributed by atoms with Gasteiger partial charge in [-0.3, -0.25) is 4.79 Å². The van der Waals surface area contributed by atoms with E-state index in [2.05, 4.69) is 4.98 Å². The number of nitrogens with one attached hydrogen (secondary N) is 1. The predicted octanol–water partition coefficient (Wildman–Crippen LogP) is 2.98. The molecule has 28 heavy (non-hydrogen) atoms. The number of unbranched alkanes of at least 4 members (excludes halogenated alkanes) is 1. The lowest BCUT2D eigenvalue weighted by atomic mass is 10.1. The van der Waals surface area contributed by atoms with E-state index in [4.69, 9.17) is 10.5 Å². The number of carbonyl (C=O) groups is 1. The van der Waals surface area contributed by atoms with Crippen LogP contribution in [0.15, 0.2) is 48.7 Å². The minimum Gasteiger partial charge on any atom is -0.494 e. The van der Waals surface area contributed by atoms with Crippen LogP contribution in [0.25, 0.3) is 10.9 Å². The molecule has 1 atom stereocenters. The van der Waals surface area contributed by atoms with Crippen molar-refractivity contribution in [1.82, 2.24) is 9.88 Å². The van der Waals surface area contributed by atoms with Gasteiger partial charge in [0.25, 0.3) is 5.91 Å². The van der Waals surface area contributed by atoms with Crippen molar-refractivity contribution in [2.45, 2.75) is 25.5 Å². The Labute approximate surface area is 163 Å². The third-order valence-corrected chi connectivity index (χ3v) is 5.24. The molecule has 146 valence electrons. The second-order valence-corrected chi connectivity index (χ2v) is 7.08. The number of aromatic nitrogens is 1. The van der Waals surface area contributed by atoms with Crippen LogP contribution < -0.4 is 10.5 Å². The third-order valence-electron chi connectivity index (χ3n) is 5.24. The van der Waals surface area contributed by atoms with Gasteiger partial charge in [-0.25, -0.2) is 0 Å². The van der Waals surface area contributed by atoms with Crippen molar-refractivity contribution < 1.29 is 14.6 Å². The van der Waals surface area contributed by atoms with Crippen LogP contribution in [0.2, 0.25) is 0 Å². The van der Waals surface area contributed by atoms with Gasteiger partial charge in [0, 0.05) is 34.8 Å². The van der Waals surface area contributed by atoms with Crippen molar-refractivity contribution in [3.63, 3.8) is 0 Å². The number of H-pyrrole nitrogens is 1. The van der Waals surface area contributed by atoms with E-state index >= 15 is 0 Å². The number of rotatable bonds is 8. The number of hydrogen-bond acceptors (Lipinski definition) is 4. The topological polar surface area (TPSA) is 91.6 Å². The molecule has 4 N–H and O–H groups in total. The summed E-state index contributed by atoms with van der Waals surface area (Å²) in [5.41, 5.74) is 9.24. The minimum atomic E-state index is -0.846. The highest BCUT2D eigenvalue weighted by molar-refractivity contribution is 5.98. The van der Waals surface area contributed by atoms with Gasteiger partial charge in [-0.2, -0.15) is 0 Å². The third kappa shape index (κ3) is 3.48. The lowest BCUT2D eigenvalue weighted by Gasteiger charge is -2.20. The Morgan fingerprint density at radius 2 is 2.04 bits per heavy atom. The number of amides is 1. The zero-order chi connectivity index (χ0) is 19.5. The Bertz CT molecular complexity index is 982. The summed E-state index contributed by atoms with van der Waals surface area (Å²) < 4.78 is 5.89. The molecule has 1 aliphatic heterocycles. The smallest absolute Gasteiger partial charge is 0.256 e. The average Bonchev–Trinajstić information content (AvgIpc) is 3.22. The molecule has 0 bridgehead atoms. The molecule has 0 fully saturated rings. The Morgan fingerprint density at radius 1 is 1.18 bits per heavy atom. The number of aliphatic hydroxyl groups is 1. The summed E-state index contributed by atoms with van der Waals surface area (Å²) in [6.45, 7) is 1.69. The fourth-order valence-corrected chi connectivity index (χ4v) is 3.76. The normalized spacial score (nSPS) is 16.0. The van der Waals surface area contributed by atoms with Crippen molar-refractivity contribution >= 4 is 16.8 Å². The first-order valence-corrected chi connectivity index (χ1v) is 9.70. The number of nitrogens with two attached hydrogens (primary N) is 1. The summed E-state index contributed by atoms with van der Waals surface area (Å²) in [5, 5.41) is 11.5. The van der Waals surface area contributed by atoms with E-state index in [1.807, 2.05) is 36.5 Å². The lowest BCUT2D eigenvalue weighted by molar-refractivity contribution is 0.0166. The highest BCUT2D eigenvalue weighted by Crippen LogP contribution is 2.31. The van der Waals surface area contributed by atoms with Crippen molar-refractivity contribution in [1.29, 1.82) is 0 Å². The molecule has 6 nitrogen and oxygen atoms in total. The van der Waals surface area contributed by atoms with Crippen LogP contribution in [0.5, 0.6) is 5.75 Å². The molecular formula is C22H25N3O3. The molecule has 3 aromatic rings. The zero-order valence-electron chi connectivity index (χ0n) is 15.7. The minimum absolute atomic E-state index is 0.102. The van der Waals surface area contributed by atoms with Gasteiger partial charge < -0.3 is 25.5 Å². The van der Waals surface area contributed by atoms with Crippen LogP contribution in [-0.2, 0) is 6.42 Å². The van der Waals surface area contributed by atoms with Gasteiger partial charge in [0.2, 0.25) is 0 Å². The standard InChI is InChI=1S/C22H25N3O3/c23-10-9-15-14-24-20-8-7-16(13-19(15)20)28-12-4-3-11-25-21(26)17-5-1-2-6-18(17)22(25)27/h1-2,5-8,13-14,21,24,26H,3-4,9-12,23H2. The van der Waals surface area contributed by atoms with Gasteiger partial charge in [-0.15, -0.1) is 0 Å². The largest absolute Gasteiger partial charge is 0.494 e. The van der Waals surface area contributed by atoms with E-state index in [1.54, 1.807) is 12.1 Å². The summed E-state index contributed by atoms with van der Waals surface area (Å²) in [7, 11) is 0. The van der Waals surface area contributed by atoms with Crippen LogP contribution in [0.3, 0.4) is 0 Å². The van der Waals surface area contributed by atoms with Crippen molar-refractivity contribution in [2.75, 3.05) is 19.7 Å². The van der Waals surface area contributed by atoms with E-state index < -0.39 is 6.23 Å². The van der Waals surface area contributed by atoms with E-state index in [9.17, 15) is 9.90 Å². The molecule has 1 aliphatic rings. The van der Waals surface area contributed by atoms with Gasteiger partial charge >= 0.3 is 0 Å². The molecular weight excluding hydrogens is 354 g/mol. The van der Waals surface area contributed by atoms with Crippen molar-refractivity contribution in [3.8, 4) is 5.75 Å². The Morgan fingerprint density at radius 3 is 2.86 bits per heavy atom. The van der Waals surface area contributed by atoms with E-state index in [-0.39, 0.29) is 5.91 Å². The number of benzene rings is 2. The molecule has 0 spiro atoms. The number of hydrogen-bond donors (Lipinski definition) is 3. The van der Waals surface area contributed by atoms with Gasteiger partial charge in [-0.05, 0) is 55.6 Å². The lowest BCUT2D eigenvalue weighted by Crippen LogP contribution is -2.29. The quantitative estimate of drug-likeness (QED) is 0.525. The van der Waals surface area contributed by atoms with Gasteiger partial charge in [0.05, 0.1) is 6.61 Å². The Kier molecular flexibility index (Phi) is 5.32. The highest BCUT2D eigenvalue weighted by Gasteiger charge is 2.34. The van der Waals surface area contributed by atoms with Crippen LogP contribution in [-0.4, -0.2) is 40.6 Å². The molecule has 1 unspecified atom stereocenters. The van der Waals surface area contributed by atoms with Crippen LogP contribution in [0.4, 0.5) is 0 Å². The van der Waals surface area contributed by atoms with Crippen LogP contribution in [0.1, 0.15) is 40.6 Å². The van der Waals surface area contributed by atoms with Crippen molar-refractivity contribution in [3.05, 3.63) is 65.4 Å². The first kappa shape index (κ1) is 18.5. The molecule has 0 radical (unpaired) electrons. The van der Waals surface area contributed by atoms with Gasteiger partial charge in [0.15, 0.2) is 6.23 Å². The molecule has 1 amide bonds. The molecule has 0 aliphatic carbocycles. The number of fused-ring (bicyclic) bond motifs is 2. The van der Waals surface area contributed by atoms with Crippen molar-refractivity contribution in [2.24, 2.45) is 5.73 Å². The van der Waals surface area contributed by atoms with Crippen LogP contribution in [0, 0.1) is 0 Å². The number of nitrogens with zero attached hydrogens (tertiary/aromatic N) is 1. The summed E-state index contributed by atoms with van der Waals surface area (Å²) in [6.07, 6.45) is 3.55. The summed E-state index contributed by atoms with van der Waals surface area (Å²) in [4.78, 5) is 17.2. The maximum atomic E-state index is 12.4. The SMILES string of the molecule is NCCc1c[nH]c2ccc(OCCCCN3C(=O)c4ccccc4C3O)cc12. The highest BCUT2D eigenvalue weighted by atomic mass is 16.5. The van der Waals surface area contributed by atoms with E-state index in [0.29, 0.717) is 30.8 Å². The molecule has 2 aromatic carbocycles. The fraction of sp³-hybridized carbons (Fsp3) is 0.318. The zero-order valence-corrected chi connectivity index (χ0v) is 15.7. The summed E-state index contributed by atoms with van der Waals surface area (Å²) >= 11 is 0. The molecule has 4 rings (SSSR count). The monoisotopic (exact) mass is 379 g/mol. The first-order valence-electron chi connectivity index (χ1n) is 9.70. The summed E-state index contributed by atoms with van der Waals surface area (Å²) in [6, 6.07) is 13.2. The second-order valence-electron chi connectivity index (χ2n) is 7.08. The molecule has 2 heterocycles. The van der Waals surface area contributed by atoms with Gasteiger partial charge in [0.1, 0.15) is 5.75 Å². The van der Waals surface area contributed by atoms with Crippen LogP contribution >= 0.6 is 0 Å². The van der Waals surface area contributed by atoms with E-state index in [0.717, 1.165) is 35.9 Å². The number of ether oxygens (including phenoxy) is 1. The molecule has 6 heteroatoms. The Hall–Kier alpha value is -2.83. The van der Waals surface area contributed by atoms with Gasteiger partial charge in [-0.1, -0.05) is 18.2 Å². The molecule has 0 saturated carbocycles. The predicted molar refractivity (Wildman–Crippen MR) is 108 cm³/mol. The number of aliphatic hydroxyl groups excluding tert-OH is 1. The fourth-order valence-electron chi connectivity index (χ4n) is 3.76. The summed E-state index contributed by atoms with van der Waals surface area (Å²) in [5.74, 6) is 0.726.